The zero-order valence-electron chi connectivity index (χ0n) is 16.7. The van der Waals surface area contributed by atoms with Crippen LogP contribution in [0.1, 0.15) is 6.92 Å². The summed E-state index contributed by atoms with van der Waals surface area (Å²) in [6.45, 7) is 9.73. The number of rotatable bonds is 8. The van der Waals surface area contributed by atoms with Gasteiger partial charge in [0.25, 0.3) is 5.69 Å². The van der Waals surface area contributed by atoms with Crippen molar-refractivity contribution in [3.05, 3.63) is 28.3 Å². The van der Waals surface area contributed by atoms with Gasteiger partial charge in [0.15, 0.2) is 0 Å². The molecule has 162 valence electrons. The van der Waals surface area contributed by atoms with Gasteiger partial charge in [-0.25, -0.2) is 8.42 Å². The van der Waals surface area contributed by atoms with Crippen LogP contribution in [0.5, 0.6) is 0 Å². The molecule has 0 bridgehead atoms. The number of nitrogens with zero attached hydrogens (tertiary/aromatic N) is 4. The molecule has 0 spiro atoms. The number of anilines is 1. The van der Waals surface area contributed by atoms with E-state index in [4.69, 9.17) is 4.74 Å². The van der Waals surface area contributed by atoms with E-state index in [9.17, 15) is 18.5 Å². The minimum atomic E-state index is -3.77. The Morgan fingerprint density at radius 1 is 1.10 bits per heavy atom. The summed E-state index contributed by atoms with van der Waals surface area (Å²) >= 11 is 0. The Hall–Kier alpha value is -1.79. The highest BCUT2D eigenvalue weighted by molar-refractivity contribution is 7.89. The lowest BCUT2D eigenvalue weighted by molar-refractivity contribution is -0.384. The van der Waals surface area contributed by atoms with Crippen LogP contribution in [-0.4, -0.2) is 99.6 Å². The molecule has 11 heteroatoms. The van der Waals surface area contributed by atoms with E-state index in [1.165, 1.54) is 16.4 Å². The minimum absolute atomic E-state index is 0.0627. The van der Waals surface area contributed by atoms with Crippen LogP contribution in [-0.2, 0) is 14.8 Å². The molecule has 10 nitrogen and oxygen atoms in total. The fourth-order valence-corrected chi connectivity index (χ4v) is 5.01. The summed E-state index contributed by atoms with van der Waals surface area (Å²) in [7, 11) is -3.77. The van der Waals surface area contributed by atoms with Crippen LogP contribution in [0, 0.1) is 10.1 Å². The Bertz CT molecular complexity index is 805. The van der Waals surface area contributed by atoms with Crippen LogP contribution in [0.4, 0.5) is 11.4 Å². The number of hydrogen-bond donors (Lipinski definition) is 1. The van der Waals surface area contributed by atoms with Crippen molar-refractivity contribution in [1.29, 1.82) is 0 Å². The number of piperazine rings is 1. The van der Waals surface area contributed by atoms with E-state index in [1.54, 1.807) is 0 Å². The molecule has 2 saturated heterocycles. The summed E-state index contributed by atoms with van der Waals surface area (Å²) in [6, 6.07) is 4.06. The zero-order chi connectivity index (χ0) is 20.9. The maximum atomic E-state index is 12.8. The Morgan fingerprint density at radius 2 is 1.76 bits per heavy atom. The van der Waals surface area contributed by atoms with E-state index in [0.29, 0.717) is 25.4 Å². The number of ether oxygens (including phenoxy) is 1. The topological polar surface area (TPSA) is 108 Å². The maximum Gasteiger partial charge on any atom is 0.293 e. The Morgan fingerprint density at radius 3 is 2.38 bits per heavy atom. The van der Waals surface area contributed by atoms with Crippen molar-refractivity contribution in [2.45, 2.75) is 11.8 Å². The van der Waals surface area contributed by atoms with Gasteiger partial charge >= 0.3 is 0 Å². The molecule has 0 unspecified atom stereocenters. The summed E-state index contributed by atoms with van der Waals surface area (Å²) in [4.78, 5) is 15.6. The number of morpholine rings is 1. The van der Waals surface area contributed by atoms with E-state index >= 15 is 0 Å². The highest BCUT2D eigenvalue weighted by Gasteiger charge is 2.29. The SMILES string of the molecule is CCN1CCN(CCNc2ccc(S(=O)(=O)N3CCOCC3)cc2[N+](=O)[O-])CC1. The van der Waals surface area contributed by atoms with Crippen molar-refractivity contribution in [3.8, 4) is 0 Å². The van der Waals surface area contributed by atoms with Gasteiger partial charge in [0.05, 0.1) is 23.0 Å². The van der Waals surface area contributed by atoms with Crippen LogP contribution in [0.2, 0.25) is 0 Å². The molecular weight excluding hydrogens is 398 g/mol. The van der Waals surface area contributed by atoms with Crippen molar-refractivity contribution in [2.24, 2.45) is 0 Å². The first kappa shape index (κ1) is 21.9. The average molecular weight is 428 g/mol. The van der Waals surface area contributed by atoms with Gasteiger partial charge in [0, 0.05) is 58.4 Å². The molecule has 0 atom stereocenters. The molecule has 1 aromatic carbocycles. The second-order valence-corrected chi connectivity index (χ2v) is 9.09. The molecule has 0 aliphatic carbocycles. The predicted octanol–water partition coefficient (Wildman–Crippen LogP) is 0.665. The number of hydrogen-bond acceptors (Lipinski definition) is 8. The molecule has 2 fully saturated rings. The molecule has 0 radical (unpaired) electrons. The van der Waals surface area contributed by atoms with E-state index in [2.05, 4.69) is 22.0 Å². The number of nitro groups is 1. The molecule has 29 heavy (non-hydrogen) atoms. The molecule has 2 aliphatic rings. The third-order valence-corrected chi connectivity index (χ3v) is 7.32. The number of nitrogens with one attached hydrogen (secondary N) is 1. The first-order valence-electron chi connectivity index (χ1n) is 9.96. The highest BCUT2D eigenvalue weighted by atomic mass is 32.2. The van der Waals surface area contributed by atoms with Crippen molar-refractivity contribution in [2.75, 3.05) is 77.4 Å². The van der Waals surface area contributed by atoms with E-state index < -0.39 is 14.9 Å². The third kappa shape index (κ3) is 5.43. The Labute approximate surface area is 171 Å². The lowest BCUT2D eigenvalue weighted by Crippen LogP contribution is -2.47. The molecule has 1 N–H and O–H groups in total. The highest BCUT2D eigenvalue weighted by Crippen LogP contribution is 2.29. The molecule has 2 aliphatic heterocycles. The zero-order valence-corrected chi connectivity index (χ0v) is 17.6. The monoisotopic (exact) mass is 427 g/mol. The van der Waals surface area contributed by atoms with Gasteiger partial charge in [-0.05, 0) is 18.7 Å². The van der Waals surface area contributed by atoms with E-state index in [-0.39, 0.29) is 23.7 Å². The van der Waals surface area contributed by atoms with Gasteiger partial charge in [-0.1, -0.05) is 6.92 Å². The van der Waals surface area contributed by atoms with Gasteiger partial charge in [-0.15, -0.1) is 0 Å². The molecule has 0 amide bonds. The van der Waals surface area contributed by atoms with E-state index in [0.717, 1.165) is 45.3 Å². The molecule has 0 saturated carbocycles. The van der Waals surface area contributed by atoms with Crippen molar-refractivity contribution in [3.63, 3.8) is 0 Å². The quantitative estimate of drug-likeness (QED) is 0.476. The fraction of sp³-hybridized carbons (Fsp3) is 0.667. The van der Waals surface area contributed by atoms with E-state index in [1.807, 2.05) is 0 Å². The maximum absolute atomic E-state index is 12.8. The average Bonchev–Trinajstić information content (AvgIpc) is 2.74. The number of benzene rings is 1. The fourth-order valence-electron chi connectivity index (χ4n) is 3.59. The molecular formula is C18H29N5O5S. The molecule has 1 aromatic rings. The Kier molecular flexibility index (Phi) is 7.41. The summed E-state index contributed by atoms with van der Waals surface area (Å²) in [5.74, 6) is 0. The lowest BCUT2D eigenvalue weighted by Gasteiger charge is -2.34. The summed E-state index contributed by atoms with van der Waals surface area (Å²) < 4.78 is 32.0. The molecule has 2 heterocycles. The van der Waals surface area contributed by atoms with Gasteiger partial charge in [-0.2, -0.15) is 4.31 Å². The smallest absolute Gasteiger partial charge is 0.293 e. The summed E-state index contributed by atoms with van der Waals surface area (Å²) in [5, 5.41) is 14.6. The Balaban J connectivity index is 1.64. The van der Waals surface area contributed by atoms with Gasteiger partial charge < -0.3 is 15.0 Å². The summed E-state index contributed by atoms with van der Waals surface area (Å²) in [5.41, 5.74) is 0.109. The van der Waals surface area contributed by atoms with Crippen LogP contribution in [0.3, 0.4) is 0 Å². The predicted molar refractivity (Wildman–Crippen MR) is 110 cm³/mol. The molecule has 0 aromatic heterocycles. The third-order valence-electron chi connectivity index (χ3n) is 5.43. The van der Waals surface area contributed by atoms with Crippen LogP contribution in [0.15, 0.2) is 23.1 Å². The standard InChI is InChI=1S/C18H29N5O5S/c1-2-20-7-9-21(10-8-20)6-5-19-17-4-3-16(15-18(17)23(24)25)29(26,27)22-11-13-28-14-12-22/h3-4,15,19H,2,5-14H2,1H3. The first-order valence-corrected chi connectivity index (χ1v) is 11.4. The second-order valence-electron chi connectivity index (χ2n) is 7.16. The van der Waals surface area contributed by atoms with Crippen LogP contribution >= 0.6 is 0 Å². The second kappa shape index (κ2) is 9.81. The minimum Gasteiger partial charge on any atom is -0.379 e. The van der Waals surface area contributed by atoms with Crippen LogP contribution < -0.4 is 5.32 Å². The number of nitro benzene ring substituents is 1. The number of sulfonamides is 1. The summed E-state index contributed by atoms with van der Waals surface area (Å²) in [6.07, 6.45) is 0. The van der Waals surface area contributed by atoms with Crippen molar-refractivity contribution < 1.29 is 18.1 Å². The lowest BCUT2D eigenvalue weighted by atomic mass is 10.2. The largest absolute Gasteiger partial charge is 0.379 e. The molecule has 3 rings (SSSR count). The van der Waals surface area contributed by atoms with Crippen molar-refractivity contribution in [1.82, 2.24) is 14.1 Å². The first-order chi connectivity index (χ1) is 13.9. The number of likely N-dealkylation sites (N-methyl/N-ethyl adjacent to an activating group) is 1. The van der Waals surface area contributed by atoms with Crippen LogP contribution in [0.25, 0.3) is 0 Å². The van der Waals surface area contributed by atoms with Gasteiger partial charge in [0.2, 0.25) is 10.0 Å². The van der Waals surface area contributed by atoms with Gasteiger partial charge in [-0.3, -0.25) is 15.0 Å². The van der Waals surface area contributed by atoms with Gasteiger partial charge in [0.1, 0.15) is 5.69 Å². The van der Waals surface area contributed by atoms with Crippen molar-refractivity contribution >= 4 is 21.4 Å². The normalized spacial score (nSPS) is 19.9.